The van der Waals surface area contributed by atoms with Gasteiger partial charge < -0.3 is 16.5 Å². The largest absolute Gasteiger partial charge is 0.369 e. The Morgan fingerprint density at radius 1 is 1.04 bits per heavy atom. The lowest BCUT2D eigenvalue weighted by atomic mass is 9.87. The molecule has 0 bridgehead atoms. The number of guanidine groups is 2. The minimum Gasteiger partial charge on any atom is -0.369 e. The number of aromatic amines is 1. The lowest BCUT2D eigenvalue weighted by Crippen LogP contribution is -2.58. The molecular formula is C18H21N7S. The van der Waals surface area contributed by atoms with Crippen LogP contribution in [0.5, 0.6) is 0 Å². The third-order valence-corrected chi connectivity index (χ3v) is 5.17. The number of aromatic nitrogens is 2. The van der Waals surface area contributed by atoms with E-state index in [2.05, 4.69) is 15.0 Å². The van der Waals surface area contributed by atoms with E-state index in [0.29, 0.717) is 10.7 Å². The molecule has 0 saturated heterocycles. The molecule has 2 heterocycles. The Bertz CT molecular complexity index is 923. The molecule has 0 unspecified atom stereocenters. The Labute approximate surface area is 156 Å². The van der Waals surface area contributed by atoms with Crippen molar-refractivity contribution in [1.29, 1.82) is 0 Å². The molecule has 134 valence electrons. The van der Waals surface area contributed by atoms with Crippen molar-refractivity contribution >= 4 is 29.8 Å². The van der Waals surface area contributed by atoms with Crippen LogP contribution >= 0.6 is 12.2 Å². The number of nitrogens with one attached hydrogen (secondary N) is 1. The first-order chi connectivity index (χ1) is 12.6. The molecule has 4 rings (SSSR count). The van der Waals surface area contributed by atoms with Gasteiger partial charge in [0, 0.05) is 17.6 Å². The molecule has 7 nitrogen and oxygen atoms in total. The minimum absolute atomic E-state index is 0.265. The van der Waals surface area contributed by atoms with Gasteiger partial charge in [-0.3, -0.25) is 4.90 Å². The maximum atomic E-state index is 6.26. The molecular weight excluding hydrogens is 346 g/mol. The Morgan fingerprint density at radius 2 is 1.77 bits per heavy atom. The maximum absolute atomic E-state index is 6.26. The van der Waals surface area contributed by atoms with Crippen molar-refractivity contribution in [3.05, 3.63) is 41.3 Å². The van der Waals surface area contributed by atoms with Crippen LogP contribution in [-0.2, 0) is 0 Å². The van der Waals surface area contributed by atoms with Gasteiger partial charge in [-0.05, 0) is 61.7 Å². The van der Waals surface area contributed by atoms with E-state index in [0.717, 1.165) is 42.6 Å². The van der Waals surface area contributed by atoms with Crippen LogP contribution in [0.3, 0.4) is 0 Å². The van der Waals surface area contributed by atoms with Gasteiger partial charge >= 0.3 is 0 Å². The van der Waals surface area contributed by atoms with Gasteiger partial charge in [-0.1, -0.05) is 18.6 Å². The standard InChI is InChI=1S/C18H21N7S/c19-15-23-16(20)25(18(24-15)9-2-1-3-10-18)13-6-4-12(5-7-13)14-8-11-21-17(26)22-14/h4-8,11H,1-3,9-10H2,(H,21,22,26)(H4,19,20,23,24). The lowest BCUT2D eigenvalue weighted by Gasteiger charge is -2.45. The molecule has 1 aliphatic carbocycles. The fourth-order valence-electron chi connectivity index (χ4n) is 3.82. The molecule has 1 aliphatic heterocycles. The summed E-state index contributed by atoms with van der Waals surface area (Å²) in [5.41, 5.74) is 14.7. The van der Waals surface area contributed by atoms with E-state index in [-0.39, 0.29) is 5.96 Å². The predicted molar refractivity (Wildman–Crippen MR) is 106 cm³/mol. The third kappa shape index (κ3) is 2.96. The molecule has 1 spiro atoms. The lowest BCUT2D eigenvalue weighted by molar-refractivity contribution is 0.305. The second-order valence-electron chi connectivity index (χ2n) is 6.65. The van der Waals surface area contributed by atoms with Gasteiger partial charge in [0.1, 0.15) is 5.66 Å². The smallest absolute Gasteiger partial charge is 0.220 e. The van der Waals surface area contributed by atoms with Gasteiger partial charge in [-0.2, -0.15) is 4.99 Å². The first-order valence-electron chi connectivity index (χ1n) is 8.73. The van der Waals surface area contributed by atoms with Gasteiger partial charge in [-0.15, -0.1) is 0 Å². The summed E-state index contributed by atoms with van der Waals surface area (Å²) in [6, 6.07) is 10.0. The van der Waals surface area contributed by atoms with E-state index in [1.165, 1.54) is 6.42 Å². The van der Waals surface area contributed by atoms with Gasteiger partial charge in [0.15, 0.2) is 4.77 Å². The number of nitrogens with zero attached hydrogens (tertiary/aromatic N) is 4. The highest BCUT2D eigenvalue weighted by Crippen LogP contribution is 2.39. The van der Waals surface area contributed by atoms with Crippen LogP contribution in [0.4, 0.5) is 5.69 Å². The molecule has 8 heteroatoms. The average molecular weight is 367 g/mol. The van der Waals surface area contributed by atoms with E-state index in [9.17, 15) is 0 Å². The molecule has 1 aromatic carbocycles. The van der Waals surface area contributed by atoms with Gasteiger partial charge in [0.05, 0.1) is 0 Å². The maximum Gasteiger partial charge on any atom is 0.220 e. The van der Waals surface area contributed by atoms with E-state index < -0.39 is 5.66 Å². The van der Waals surface area contributed by atoms with Crippen LogP contribution in [0.25, 0.3) is 11.3 Å². The number of benzene rings is 1. The predicted octanol–water partition coefficient (Wildman–Crippen LogP) is 2.92. The molecule has 1 fully saturated rings. The van der Waals surface area contributed by atoms with Crippen molar-refractivity contribution < 1.29 is 0 Å². The van der Waals surface area contributed by atoms with Crippen LogP contribution in [-0.4, -0.2) is 27.5 Å². The summed E-state index contributed by atoms with van der Waals surface area (Å²) in [6.45, 7) is 0. The second kappa shape index (κ2) is 6.53. The third-order valence-electron chi connectivity index (χ3n) is 4.96. The van der Waals surface area contributed by atoms with Crippen LogP contribution in [0.2, 0.25) is 0 Å². The zero-order chi connectivity index (χ0) is 18.1. The second-order valence-corrected chi connectivity index (χ2v) is 7.04. The molecule has 1 saturated carbocycles. The van der Waals surface area contributed by atoms with Crippen LogP contribution in [0.1, 0.15) is 32.1 Å². The summed E-state index contributed by atoms with van der Waals surface area (Å²) >= 11 is 5.10. The number of anilines is 1. The number of rotatable bonds is 2. The summed E-state index contributed by atoms with van der Waals surface area (Å²) in [7, 11) is 0. The quantitative estimate of drug-likeness (QED) is 0.707. The molecule has 1 aromatic heterocycles. The van der Waals surface area contributed by atoms with Gasteiger partial charge in [-0.25, -0.2) is 9.98 Å². The molecule has 26 heavy (non-hydrogen) atoms. The van der Waals surface area contributed by atoms with Crippen LogP contribution in [0, 0.1) is 4.77 Å². The van der Waals surface area contributed by atoms with Crippen molar-refractivity contribution in [3.63, 3.8) is 0 Å². The zero-order valence-corrected chi connectivity index (χ0v) is 15.2. The van der Waals surface area contributed by atoms with Crippen molar-refractivity contribution in [2.45, 2.75) is 37.8 Å². The normalized spacial score (nSPS) is 19.2. The molecule has 2 aliphatic rings. The molecule has 0 radical (unpaired) electrons. The highest BCUT2D eigenvalue weighted by atomic mass is 32.1. The summed E-state index contributed by atoms with van der Waals surface area (Å²) in [5, 5.41) is 0. The fourth-order valence-corrected chi connectivity index (χ4v) is 3.99. The number of hydrogen-bond acceptors (Lipinski definition) is 7. The summed E-state index contributed by atoms with van der Waals surface area (Å²) in [5.74, 6) is 0.664. The zero-order valence-electron chi connectivity index (χ0n) is 14.4. The average Bonchev–Trinajstić information content (AvgIpc) is 2.62. The Balaban J connectivity index is 1.71. The van der Waals surface area contributed by atoms with Crippen molar-refractivity contribution in [2.75, 3.05) is 4.90 Å². The van der Waals surface area contributed by atoms with Gasteiger partial charge in [0.25, 0.3) is 0 Å². The van der Waals surface area contributed by atoms with Crippen LogP contribution < -0.4 is 16.4 Å². The first kappa shape index (κ1) is 16.7. The van der Waals surface area contributed by atoms with E-state index in [1.807, 2.05) is 35.2 Å². The summed E-state index contributed by atoms with van der Waals surface area (Å²) < 4.78 is 0.463. The first-order valence-corrected chi connectivity index (χ1v) is 9.14. The summed E-state index contributed by atoms with van der Waals surface area (Å²) in [4.78, 5) is 18.0. The van der Waals surface area contributed by atoms with Crippen molar-refractivity contribution in [3.8, 4) is 11.3 Å². The number of H-pyrrole nitrogens is 1. The SMILES string of the molecule is NC1=NC2(CCCCC2)N(c2ccc(-c3ccnc(=S)[nH]3)cc2)C(N)=N1. The molecule has 0 atom stereocenters. The van der Waals surface area contributed by atoms with Crippen molar-refractivity contribution in [1.82, 2.24) is 9.97 Å². The topological polar surface area (TPSA) is 109 Å². The van der Waals surface area contributed by atoms with E-state index >= 15 is 0 Å². The molecule has 0 amide bonds. The van der Waals surface area contributed by atoms with Crippen molar-refractivity contribution in [2.24, 2.45) is 21.5 Å². The highest BCUT2D eigenvalue weighted by molar-refractivity contribution is 7.71. The highest BCUT2D eigenvalue weighted by Gasteiger charge is 2.42. The van der Waals surface area contributed by atoms with E-state index in [4.69, 9.17) is 28.7 Å². The van der Waals surface area contributed by atoms with E-state index in [1.54, 1.807) is 6.20 Å². The number of hydrogen-bond donors (Lipinski definition) is 3. The summed E-state index contributed by atoms with van der Waals surface area (Å²) in [6.07, 6.45) is 6.96. The Hall–Kier alpha value is -2.74. The minimum atomic E-state index is -0.424. The van der Waals surface area contributed by atoms with Crippen LogP contribution in [0.15, 0.2) is 46.5 Å². The molecule has 2 aromatic rings. The number of aliphatic imine (C=N–C) groups is 2. The monoisotopic (exact) mass is 367 g/mol. The fraction of sp³-hybridized carbons (Fsp3) is 0.333. The Morgan fingerprint density at radius 3 is 2.46 bits per heavy atom. The molecule has 5 N–H and O–H groups in total. The Kier molecular flexibility index (Phi) is 4.20. The number of nitrogens with two attached hydrogens (primary N) is 2. The van der Waals surface area contributed by atoms with Gasteiger partial charge in [0.2, 0.25) is 11.9 Å².